The first-order valence-corrected chi connectivity index (χ1v) is 8.60. The van der Waals surface area contributed by atoms with Crippen molar-refractivity contribution in [1.29, 1.82) is 0 Å². The maximum atomic E-state index is 12.6. The lowest BCUT2D eigenvalue weighted by molar-refractivity contribution is 0.0708. The fourth-order valence-electron chi connectivity index (χ4n) is 2.92. The van der Waals surface area contributed by atoms with Gasteiger partial charge in [-0.05, 0) is 48.5 Å². The summed E-state index contributed by atoms with van der Waals surface area (Å²) in [7, 11) is 0. The molecule has 2 aromatic carbocycles. The molecule has 1 amide bonds. The van der Waals surface area contributed by atoms with Gasteiger partial charge in [0.15, 0.2) is 11.6 Å². The second kappa shape index (κ2) is 6.50. The number of hydrogen-bond donors (Lipinski definition) is 0. The van der Waals surface area contributed by atoms with E-state index in [1.165, 1.54) is 0 Å². The summed E-state index contributed by atoms with van der Waals surface area (Å²) >= 11 is 11.8. The van der Waals surface area contributed by atoms with Crippen LogP contribution in [-0.2, 0) is 13.1 Å². The van der Waals surface area contributed by atoms with Crippen molar-refractivity contribution in [3.05, 3.63) is 70.0 Å². The van der Waals surface area contributed by atoms with Gasteiger partial charge in [0.2, 0.25) is 0 Å². The molecule has 5 nitrogen and oxygen atoms in total. The van der Waals surface area contributed by atoms with Crippen molar-refractivity contribution in [2.45, 2.75) is 13.1 Å². The molecule has 1 aliphatic rings. The van der Waals surface area contributed by atoms with Crippen LogP contribution in [0.4, 0.5) is 0 Å². The highest BCUT2D eigenvalue weighted by atomic mass is 35.5. The van der Waals surface area contributed by atoms with E-state index >= 15 is 0 Å². The van der Waals surface area contributed by atoms with Gasteiger partial charge in [0, 0.05) is 34.3 Å². The lowest BCUT2D eigenvalue weighted by Gasteiger charge is -2.28. The lowest BCUT2D eigenvalue weighted by Crippen LogP contribution is -2.38. The first-order valence-electron chi connectivity index (χ1n) is 7.85. The van der Waals surface area contributed by atoms with Crippen molar-refractivity contribution in [3.63, 3.8) is 0 Å². The van der Waals surface area contributed by atoms with Crippen molar-refractivity contribution in [1.82, 2.24) is 19.7 Å². The monoisotopic (exact) mass is 372 g/mol. The Hall–Kier alpha value is -2.37. The molecule has 7 heteroatoms. The van der Waals surface area contributed by atoms with Crippen LogP contribution in [0.1, 0.15) is 16.2 Å². The van der Waals surface area contributed by atoms with E-state index in [0.29, 0.717) is 35.2 Å². The van der Waals surface area contributed by atoms with E-state index in [0.717, 1.165) is 17.2 Å². The summed E-state index contributed by atoms with van der Waals surface area (Å²) < 4.78 is 2.05. The Morgan fingerprint density at radius 3 is 2.20 bits per heavy atom. The van der Waals surface area contributed by atoms with Crippen LogP contribution < -0.4 is 0 Å². The highest BCUT2D eigenvalue weighted by Crippen LogP contribution is 2.24. The standard InChI is InChI=1S/C18H14Cl2N4O/c19-14-5-1-12(2-6-14)17-22-21-16-11-23(9-10-24(16)17)18(25)13-3-7-15(20)8-4-13/h1-8H,9-11H2. The van der Waals surface area contributed by atoms with Crippen LogP contribution in [0, 0.1) is 0 Å². The van der Waals surface area contributed by atoms with E-state index in [4.69, 9.17) is 23.2 Å². The van der Waals surface area contributed by atoms with Crippen LogP contribution in [0.5, 0.6) is 0 Å². The maximum absolute atomic E-state index is 12.6. The molecule has 0 bridgehead atoms. The molecule has 1 aliphatic heterocycles. The molecule has 2 heterocycles. The van der Waals surface area contributed by atoms with E-state index in [1.54, 1.807) is 29.2 Å². The fourth-order valence-corrected chi connectivity index (χ4v) is 3.17. The first-order chi connectivity index (χ1) is 12.1. The number of carbonyl (C=O) groups excluding carboxylic acids is 1. The Morgan fingerprint density at radius 2 is 1.52 bits per heavy atom. The van der Waals surface area contributed by atoms with Crippen molar-refractivity contribution < 1.29 is 4.79 Å². The predicted octanol–water partition coefficient (Wildman–Crippen LogP) is 3.91. The zero-order chi connectivity index (χ0) is 17.4. The van der Waals surface area contributed by atoms with Gasteiger partial charge in [-0.15, -0.1) is 10.2 Å². The van der Waals surface area contributed by atoms with E-state index < -0.39 is 0 Å². The molecular weight excluding hydrogens is 359 g/mol. The number of amides is 1. The molecule has 25 heavy (non-hydrogen) atoms. The van der Waals surface area contributed by atoms with Gasteiger partial charge < -0.3 is 9.47 Å². The zero-order valence-electron chi connectivity index (χ0n) is 13.2. The summed E-state index contributed by atoms with van der Waals surface area (Å²) in [5, 5.41) is 9.85. The van der Waals surface area contributed by atoms with Crippen LogP contribution in [0.2, 0.25) is 10.0 Å². The minimum Gasteiger partial charge on any atom is -0.329 e. The average molecular weight is 373 g/mol. The van der Waals surface area contributed by atoms with Crippen LogP contribution in [0.15, 0.2) is 48.5 Å². The molecule has 0 fully saturated rings. The topological polar surface area (TPSA) is 51.0 Å². The zero-order valence-corrected chi connectivity index (χ0v) is 14.7. The predicted molar refractivity (Wildman–Crippen MR) is 96.7 cm³/mol. The second-order valence-corrected chi connectivity index (χ2v) is 6.70. The van der Waals surface area contributed by atoms with Gasteiger partial charge in [0.25, 0.3) is 5.91 Å². The van der Waals surface area contributed by atoms with Gasteiger partial charge in [-0.25, -0.2) is 0 Å². The molecule has 126 valence electrons. The van der Waals surface area contributed by atoms with E-state index in [-0.39, 0.29) is 5.91 Å². The number of hydrogen-bond acceptors (Lipinski definition) is 3. The quantitative estimate of drug-likeness (QED) is 0.685. The van der Waals surface area contributed by atoms with Crippen LogP contribution >= 0.6 is 23.2 Å². The molecule has 1 aromatic heterocycles. The summed E-state index contributed by atoms with van der Waals surface area (Å²) in [5.41, 5.74) is 1.58. The third kappa shape index (κ3) is 3.13. The Bertz CT molecular complexity index is 919. The summed E-state index contributed by atoms with van der Waals surface area (Å²) in [6, 6.07) is 14.4. The smallest absolute Gasteiger partial charge is 0.254 e. The van der Waals surface area contributed by atoms with Crippen LogP contribution in [0.25, 0.3) is 11.4 Å². The molecule has 4 rings (SSSR count). The molecule has 0 N–H and O–H groups in total. The largest absolute Gasteiger partial charge is 0.329 e. The van der Waals surface area contributed by atoms with Gasteiger partial charge in [-0.3, -0.25) is 4.79 Å². The Labute approximate surface area is 154 Å². The van der Waals surface area contributed by atoms with Crippen molar-refractivity contribution in [2.24, 2.45) is 0 Å². The summed E-state index contributed by atoms with van der Waals surface area (Å²) in [6.07, 6.45) is 0. The summed E-state index contributed by atoms with van der Waals surface area (Å²) in [5.74, 6) is 1.54. The number of benzene rings is 2. The third-order valence-corrected chi connectivity index (χ3v) is 4.74. The second-order valence-electron chi connectivity index (χ2n) is 5.83. The fraction of sp³-hybridized carbons (Fsp3) is 0.167. The van der Waals surface area contributed by atoms with E-state index in [1.807, 2.05) is 24.3 Å². The average Bonchev–Trinajstić information content (AvgIpc) is 3.05. The Balaban J connectivity index is 1.57. The lowest BCUT2D eigenvalue weighted by atomic mass is 10.1. The molecule has 0 atom stereocenters. The molecule has 3 aromatic rings. The number of nitrogens with zero attached hydrogens (tertiary/aromatic N) is 4. The Morgan fingerprint density at radius 1 is 0.880 bits per heavy atom. The van der Waals surface area contributed by atoms with E-state index in [2.05, 4.69) is 14.8 Å². The van der Waals surface area contributed by atoms with E-state index in [9.17, 15) is 4.79 Å². The van der Waals surface area contributed by atoms with Crippen molar-refractivity contribution in [2.75, 3.05) is 6.54 Å². The molecule has 0 unspecified atom stereocenters. The van der Waals surface area contributed by atoms with Gasteiger partial charge in [0.1, 0.15) is 0 Å². The maximum Gasteiger partial charge on any atom is 0.254 e. The first kappa shape index (κ1) is 16.1. The van der Waals surface area contributed by atoms with Crippen LogP contribution in [0.3, 0.4) is 0 Å². The SMILES string of the molecule is O=C(c1ccc(Cl)cc1)N1CCn2c(nnc2-c2ccc(Cl)cc2)C1. The molecule has 0 spiro atoms. The van der Waals surface area contributed by atoms with Crippen LogP contribution in [-0.4, -0.2) is 32.1 Å². The number of carbonyl (C=O) groups is 1. The van der Waals surface area contributed by atoms with Crippen molar-refractivity contribution >= 4 is 29.1 Å². The molecule has 0 radical (unpaired) electrons. The molecule has 0 aliphatic carbocycles. The minimum atomic E-state index is -0.0287. The highest BCUT2D eigenvalue weighted by Gasteiger charge is 2.25. The number of aromatic nitrogens is 3. The van der Waals surface area contributed by atoms with Gasteiger partial charge in [-0.1, -0.05) is 23.2 Å². The summed E-state index contributed by atoms with van der Waals surface area (Å²) in [4.78, 5) is 14.4. The third-order valence-electron chi connectivity index (χ3n) is 4.23. The number of rotatable bonds is 2. The molecule has 0 saturated carbocycles. The molecule has 0 saturated heterocycles. The summed E-state index contributed by atoms with van der Waals surface area (Å²) in [6.45, 7) is 1.69. The minimum absolute atomic E-state index is 0.0287. The van der Waals surface area contributed by atoms with Crippen molar-refractivity contribution in [3.8, 4) is 11.4 Å². The normalized spacial score (nSPS) is 13.6. The number of halogens is 2. The van der Waals surface area contributed by atoms with Gasteiger partial charge in [-0.2, -0.15) is 0 Å². The highest BCUT2D eigenvalue weighted by molar-refractivity contribution is 6.30. The molecular formula is C18H14Cl2N4O. The van der Waals surface area contributed by atoms with Gasteiger partial charge in [0.05, 0.1) is 6.54 Å². The van der Waals surface area contributed by atoms with Gasteiger partial charge >= 0.3 is 0 Å². The number of fused-ring (bicyclic) bond motifs is 1. The Kier molecular flexibility index (Phi) is 4.19.